The van der Waals surface area contributed by atoms with Crippen molar-refractivity contribution in [2.75, 3.05) is 10.8 Å². The highest BCUT2D eigenvalue weighted by molar-refractivity contribution is 9.10. The summed E-state index contributed by atoms with van der Waals surface area (Å²) in [5.41, 5.74) is 0.583. The predicted molar refractivity (Wildman–Crippen MR) is 156 cm³/mol. The standard InChI is InChI=1S/C28H31BrN4O6S/c1-4-20(2)30-28(35)21(3)31(18-22-9-8-10-23(29)17-22)27(34)19-32(24-13-15-25(16-14-24)33(36)37)40(38,39)26-11-6-5-7-12-26/h5-17,20-21H,4,18-19H2,1-3H3,(H,30,35)/t20-,21+/m0/s1. The van der Waals surface area contributed by atoms with E-state index in [-0.39, 0.29) is 34.8 Å². The Kier molecular flexibility index (Phi) is 10.4. The monoisotopic (exact) mass is 630 g/mol. The summed E-state index contributed by atoms with van der Waals surface area (Å²) in [6, 6.07) is 18.7. The molecule has 0 heterocycles. The zero-order valence-electron chi connectivity index (χ0n) is 22.4. The van der Waals surface area contributed by atoms with E-state index in [4.69, 9.17) is 0 Å². The third kappa shape index (κ3) is 7.66. The minimum atomic E-state index is -4.26. The first-order valence-electron chi connectivity index (χ1n) is 12.6. The van der Waals surface area contributed by atoms with Crippen LogP contribution in [0.25, 0.3) is 0 Å². The van der Waals surface area contributed by atoms with Crippen LogP contribution >= 0.6 is 15.9 Å². The predicted octanol–water partition coefficient (Wildman–Crippen LogP) is 4.88. The molecule has 0 aromatic heterocycles. The molecule has 0 aliphatic rings. The first-order valence-corrected chi connectivity index (χ1v) is 14.8. The Morgan fingerprint density at radius 3 is 2.23 bits per heavy atom. The number of carbonyl (C=O) groups excluding carboxylic acids is 2. The van der Waals surface area contributed by atoms with Crippen LogP contribution in [-0.4, -0.2) is 48.7 Å². The van der Waals surface area contributed by atoms with Gasteiger partial charge in [-0.2, -0.15) is 0 Å². The molecule has 0 aliphatic carbocycles. The molecule has 212 valence electrons. The van der Waals surface area contributed by atoms with Gasteiger partial charge in [0.1, 0.15) is 12.6 Å². The summed E-state index contributed by atoms with van der Waals surface area (Å²) in [5.74, 6) is -0.991. The van der Waals surface area contributed by atoms with E-state index in [1.807, 2.05) is 26.0 Å². The van der Waals surface area contributed by atoms with Crippen molar-refractivity contribution in [3.63, 3.8) is 0 Å². The summed E-state index contributed by atoms with van der Waals surface area (Å²) in [4.78, 5) is 38.8. The molecular formula is C28H31BrN4O6S. The van der Waals surface area contributed by atoms with Gasteiger partial charge in [-0.05, 0) is 62.2 Å². The molecule has 12 heteroatoms. The van der Waals surface area contributed by atoms with E-state index < -0.39 is 33.4 Å². The molecule has 1 N–H and O–H groups in total. The topological polar surface area (TPSA) is 130 Å². The van der Waals surface area contributed by atoms with Crippen molar-refractivity contribution in [2.45, 2.75) is 50.7 Å². The molecule has 3 aromatic carbocycles. The SMILES string of the molecule is CC[C@H](C)NC(=O)[C@@H](C)N(Cc1cccc(Br)c1)C(=O)CN(c1ccc([N+](=O)[O-])cc1)S(=O)(=O)c1ccccc1. The normalized spacial score (nSPS) is 12.7. The van der Waals surface area contributed by atoms with E-state index in [2.05, 4.69) is 21.2 Å². The van der Waals surface area contributed by atoms with Gasteiger partial charge in [-0.3, -0.25) is 24.0 Å². The molecule has 10 nitrogen and oxygen atoms in total. The Hall–Kier alpha value is -3.77. The maximum atomic E-state index is 13.9. The maximum Gasteiger partial charge on any atom is 0.269 e. The Labute approximate surface area is 242 Å². The number of nitrogens with zero attached hydrogens (tertiary/aromatic N) is 3. The zero-order valence-corrected chi connectivity index (χ0v) is 24.8. The summed E-state index contributed by atoms with van der Waals surface area (Å²) in [6.07, 6.45) is 0.696. The number of nitro benzene ring substituents is 1. The number of carbonyl (C=O) groups is 2. The number of anilines is 1. The molecule has 2 amide bonds. The van der Waals surface area contributed by atoms with E-state index in [0.29, 0.717) is 6.42 Å². The first kappa shape index (κ1) is 30.8. The molecule has 3 rings (SSSR count). The fourth-order valence-electron chi connectivity index (χ4n) is 3.87. The second kappa shape index (κ2) is 13.5. The number of nitrogens with one attached hydrogen (secondary N) is 1. The number of rotatable bonds is 12. The van der Waals surface area contributed by atoms with E-state index >= 15 is 0 Å². The molecule has 0 aliphatic heterocycles. The number of sulfonamides is 1. The lowest BCUT2D eigenvalue weighted by molar-refractivity contribution is -0.384. The molecule has 0 spiro atoms. The van der Waals surface area contributed by atoms with Crippen molar-refractivity contribution in [3.8, 4) is 0 Å². The number of halogens is 1. The molecular weight excluding hydrogens is 600 g/mol. The molecule has 0 unspecified atom stereocenters. The molecule has 2 atom stereocenters. The van der Waals surface area contributed by atoms with E-state index in [9.17, 15) is 28.1 Å². The number of hydrogen-bond acceptors (Lipinski definition) is 6. The van der Waals surface area contributed by atoms with Crippen LogP contribution < -0.4 is 9.62 Å². The smallest absolute Gasteiger partial charge is 0.269 e. The molecule has 3 aromatic rings. The summed E-state index contributed by atoms with van der Waals surface area (Å²) >= 11 is 3.42. The minimum Gasteiger partial charge on any atom is -0.352 e. The number of nitro groups is 1. The highest BCUT2D eigenvalue weighted by Crippen LogP contribution is 2.26. The largest absolute Gasteiger partial charge is 0.352 e. The number of benzene rings is 3. The van der Waals surface area contributed by atoms with Gasteiger partial charge in [-0.25, -0.2) is 8.42 Å². The van der Waals surface area contributed by atoms with Gasteiger partial charge < -0.3 is 10.2 Å². The average molecular weight is 632 g/mol. The highest BCUT2D eigenvalue weighted by Gasteiger charge is 2.33. The lowest BCUT2D eigenvalue weighted by Gasteiger charge is -2.32. The second-order valence-corrected chi connectivity index (χ2v) is 12.0. The van der Waals surface area contributed by atoms with Crippen LogP contribution in [0, 0.1) is 10.1 Å². The van der Waals surface area contributed by atoms with Crippen LogP contribution in [0.5, 0.6) is 0 Å². The summed E-state index contributed by atoms with van der Waals surface area (Å²) in [7, 11) is -4.26. The lowest BCUT2D eigenvalue weighted by atomic mass is 10.1. The molecule has 0 bridgehead atoms. The van der Waals surface area contributed by atoms with Crippen molar-refractivity contribution in [1.29, 1.82) is 0 Å². The third-order valence-electron chi connectivity index (χ3n) is 6.37. The fourth-order valence-corrected chi connectivity index (χ4v) is 5.75. The number of hydrogen-bond donors (Lipinski definition) is 1. The summed E-state index contributed by atoms with van der Waals surface area (Å²) < 4.78 is 29.2. The minimum absolute atomic E-state index is 0.0485. The Bertz CT molecular complexity index is 1450. The number of non-ortho nitro benzene ring substituents is 1. The van der Waals surface area contributed by atoms with Crippen molar-refractivity contribution in [3.05, 3.63) is 99.0 Å². The highest BCUT2D eigenvalue weighted by atomic mass is 79.9. The third-order valence-corrected chi connectivity index (χ3v) is 8.65. The Morgan fingerprint density at radius 2 is 1.65 bits per heavy atom. The van der Waals surface area contributed by atoms with Gasteiger partial charge >= 0.3 is 0 Å². The zero-order chi connectivity index (χ0) is 29.4. The van der Waals surface area contributed by atoms with Gasteiger partial charge in [0.15, 0.2) is 0 Å². The summed E-state index contributed by atoms with van der Waals surface area (Å²) in [6.45, 7) is 4.79. The van der Waals surface area contributed by atoms with Crippen molar-refractivity contribution < 1.29 is 22.9 Å². The van der Waals surface area contributed by atoms with Crippen LogP contribution in [-0.2, 0) is 26.2 Å². The van der Waals surface area contributed by atoms with Gasteiger partial charge in [0.25, 0.3) is 15.7 Å². The first-order chi connectivity index (χ1) is 18.9. The Morgan fingerprint density at radius 1 is 1.00 bits per heavy atom. The van der Waals surface area contributed by atoms with E-state index in [0.717, 1.165) is 14.3 Å². The molecule has 40 heavy (non-hydrogen) atoms. The van der Waals surface area contributed by atoms with Crippen molar-refractivity contribution >= 4 is 49.1 Å². The average Bonchev–Trinajstić information content (AvgIpc) is 2.94. The van der Waals surface area contributed by atoms with Gasteiger partial charge in [0.05, 0.1) is 15.5 Å². The maximum absolute atomic E-state index is 13.9. The van der Waals surface area contributed by atoms with Gasteiger partial charge in [0, 0.05) is 29.2 Å². The van der Waals surface area contributed by atoms with Crippen molar-refractivity contribution in [1.82, 2.24) is 10.2 Å². The molecule has 0 saturated carbocycles. The molecule has 0 saturated heterocycles. The summed E-state index contributed by atoms with van der Waals surface area (Å²) in [5, 5.41) is 14.1. The number of amides is 2. The van der Waals surface area contributed by atoms with E-state index in [1.165, 1.54) is 41.3 Å². The van der Waals surface area contributed by atoms with Crippen LogP contribution in [0.1, 0.15) is 32.8 Å². The van der Waals surface area contributed by atoms with Crippen molar-refractivity contribution in [2.24, 2.45) is 0 Å². The van der Waals surface area contributed by atoms with Gasteiger partial charge in [0.2, 0.25) is 11.8 Å². The van der Waals surface area contributed by atoms with Crippen LogP contribution in [0.3, 0.4) is 0 Å². The van der Waals surface area contributed by atoms with Crippen LogP contribution in [0.4, 0.5) is 11.4 Å². The lowest BCUT2D eigenvalue weighted by Crippen LogP contribution is -2.52. The quantitative estimate of drug-likeness (QED) is 0.224. The van der Waals surface area contributed by atoms with Crippen LogP contribution in [0.15, 0.2) is 88.2 Å². The molecule has 0 radical (unpaired) electrons. The fraction of sp³-hybridized carbons (Fsp3) is 0.286. The second-order valence-electron chi connectivity index (χ2n) is 9.24. The van der Waals surface area contributed by atoms with E-state index in [1.54, 1.807) is 37.3 Å². The molecule has 0 fully saturated rings. The van der Waals surface area contributed by atoms with Crippen LogP contribution in [0.2, 0.25) is 0 Å². The van der Waals surface area contributed by atoms with Gasteiger partial charge in [-0.15, -0.1) is 0 Å². The Balaban J connectivity index is 2.03. The van der Waals surface area contributed by atoms with Gasteiger partial charge in [-0.1, -0.05) is 53.2 Å².